The normalized spacial score (nSPS) is 14.6. The minimum absolute atomic E-state index is 0.420. The van der Waals surface area contributed by atoms with Gasteiger partial charge in [-0.25, -0.2) is 14.6 Å². The fraction of sp³-hybridized carbons (Fsp3) is 0.344. The number of rotatable bonds is 3. The standard InChI is InChI=1S/C32H34N6/c1-5-21-7-6-8-22-9-10-23-15-26(25-11-13-33-29(25)20(23)4)31-27-18-37(14-12-28(27)36-38(31)30(21)22)32-34-16-24(17-35-32)19(2)3/h6-8,11,13,15-17,19,33H,5,9-10,12,14,18H2,1-4H3. The molecule has 2 bridgehead atoms. The lowest BCUT2D eigenvalue weighted by Gasteiger charge is -2.27. The van der Waals surface area contributed by atoms with Crippen molar-refractivity contribution >= 4 is 16.9 Å². The maximum absolute atomic E-state index is 5.36. The molecule has 38 heavy (non-hydrogen) atoms. The summed E-state index contributed by atoms with van der Waals surface area (Å²) < 4.78 is 2.29. The van der Waals surface area contributed by atoms with Gasteiger partial charge in [0.05, 0.1) is 17.1 Å². The second kappa shape index (κ2) is 8.83. The smallest absolute Gasteiger partial charge is 0.225 e. The minimum Gasteiger partial charge on any atom is -0.361 e. The number of anilines is 1. The molecular formula is C32H34N6. The van der Waals surface area contributed by atoms with Gasteiger partial charge in [-0.3, -0.25) is 0 Å². The molecular weight excluding hydrogens is 468 g/mol. The largest absolute Gasteiger partial charge is 0.361 e. The van der Waals surface area contributed by atoms with E-state index in [0.29, 0.717) is 5.92 Å². The van der Waals surface area contributed by atoms with E-state index >= 15 is 0 Å². The zero-order valence-corrected chi connectivity index (χ0v) is 22.7. The third-order valence-electron chi connectivity index (χ3n) is 8.57. The molecule has 0 atom stereocenters. The van der Waals surface area contributed by atoms with Crippen LogP contribution in [0.3, 0.4) is 0 Å². The van der Waals surface area contributed by atoms with Crippen LogP contribution in [0.1, 0.15) is 65.8 Å². The maximum atomic E-state index is 5.36. The van der Waals surface area contributed by atoms with Crippen molar-refractivity contribution in [2.24, 2.45) is 0 Å². The first-order chi connectivity index (χ1) is 18.5. The fourth-order valence-corrected chi connectivity index (χ4v) is 6.33. The number of aryl methyl sites for hydroxylation is 4. The van der Waals surface area contributed by atoms with Gasteiger partial charge in [0.1, 0.15) is 0 Å². The molecule has 7 rings (SSSR count). The summed E-state index contributed by atoms with van der Waals surface area (Å²) in [6.45, 7) is 10.5. The van der Waals surface area contributed by atoms with E-state index in [9.17, 15) is 0 Å². The first-order valence-electron chi connectivity index (χ1n) is 13.9. The molecule has 3 aromatic heterocycles. The Bertz CT molecular complexity index is 1670. The van der Waals surface area contributed by atoms with Crippen molar-refractivity contribution in [1.82, 2.24) is 24.7 Å². The van der Waals surface area contributed by atoms with Gasteiger partial charge in [0.15, 0.2) is 0 Å². The van der Waals surface area contributed by atoms with Gasteiger partial charge in [0.2, 0.25) is 5.95 Å². The summed E-state index contributed by atoms with van der Waals surface area (Å²) in [5.74, 6) is 1.22. The molecule has 6 heteroatoms. The molecule has 0 amide bonds. The molecule has 0 spiro atoms. The van der Waals surface area contributed by atoms with E-state index in [1.54, 1.807) is 0 Å². The summed E-state index contributed by atoms with van der Waals surface area (Å²) in [4.78, 5) is 15.4. The lowest BCUT2D eigenvalue weighted by molar-refractivity contribution is 0.691. The van der Waals surface area contributed by atoms with Crippen molar-refractivity contribution in [2.75, 3.05) is 11.4 Å². The third-order valence-corrected chi connectivity index (χ3v) is 8.57. The van der Waals surface area contributed by atoms with Crippen molar-refractivity contribution in [3.63, 3.8) is 0 Å². The van der Waals surface area contributed by atoms with Crippen LogP contribution in [0, 0.1) is 6.92 Å². The topological polar surface area (TPSA) is 62.6 Å². The van der Waals surface area contributed by atoms with Crippen LogP contribution in [0.2, 0.25) is 0 Å². The van der Waals surface area contributed by atoms with Crippen molar-refractivity contribution in [2.45, 2.75) is 65.8 Å². The number of benzene rings is 2. The lowest BCUT2D eigenvalue weighted by atomic mass is 9.92. The van der Waals surface area contributed by atoms with E-state index in [-0.39, 0.29) is 0 Å². The Hall–Kier alpha value is -3.93. The molecule has 0 radical (unpaired) electrons. The molecule has 192 valence electrons. The monoisotopic (exact) mass is 502 g/mol. The first kappa shape index (κ1) is 23.2. The third kappa shape index (κ3) is 3.50. The van der Waals surface area contributed by atoms with Crippen LogP contribution in [0.5, 0.6) is 0 Å². The Morgan fingerprint density at radius 2 is 1.84 bits per heavy atom. The van der Waals surface area contributed by atoms with E-state index in [2.05, 4.69) is 78.8 Å². The van der Waals surface area contributed by atoms with E-state index in [1.807, 2.05) is 12.4 Å². The molecule has 0 saturated heterocycles. The Morgan fingerprint density at radius 1 is 1.03 bits per heavy atom. The molecule has 6 nitrogen and oxygen atoms in total. The number of aromatic amines is 1. The number of H-pyrrole nitrogens is 1. The molecule has 0 unspecified atom stereocenters. The summed E-state index contributed by atoms with van der Waals surface area (Å²) >= 11 is 0. The number of hydrogen-bond donors (Lipinski definition) is 1. The van der Waals surface area contributed by atoms with Gasteiger partial charge < -0.3 is 9.88 Å². The van der Waals surface area contributed by atoms with E-state index in [4.69, 9.17) is 15.1 Å². The predicted octanol–water partition coefficient (Wildman–Crippen LogP) is 6.47. The Balaban J connectivity index is 1.47. The van der Waals surface area contributed by atoms with E-state index in [0.717, 1.165) is 44.7 Å². The summed E-state index contributed by atoms with van der Waals surface area (Å²) in [6, 6.07) is 11.4. The molecule has 1 N–H and O–H groups in total. The van der Waals surface area contributed by atoms with Crippen LogP contribution in [0.15, 0.2) is 48.9 Å². The number of hydrogen-bond acceptors (Lipinski definition) is 4. The summed E-state index contributed by atoms with van der Waals surface area (Å²) in [5, 5.41) is 6.62. The van der Waals surface area contributed by atoms with Gasteiger partial charge >= 0.3 is 0 Å². The molecule has 0 aliphatic carbocycles. The van der Waals surface area contributed by atoms with Gasteiger partial charge in [0, 0.05) is 60.1 Å². The number of nitrogens with zero attached hydrogens (tertiary/aromatic N) is 5. The lowest BCUT2D eigenvalue weighted by Crippen LogP contribution is -2.31. The fourth-order valence-electron chi connectivity index (χ4n) is 6.33. The SMILES string of the molecule is CCc1cccc2c1-n1nc3c(c1-c1cc(c(C)c4[nH]ccc14)CC2)CN(c1ncc(C(C)C)cn1)CC3. The van der Waals surface area contributed by atoms with Crippen LogP contribution < -0.4 is 4.90 Å². The average molecular weight is 503 g/mol. The van der Waals surface area contributed by atoms with Gasteiger partial charge in [-0.2, -0.15) is 5.10 Å². The highest BCUT2D eigenvalue weighted by atomic mass is 15.3. The molecule has 5 heterocycles. The van der Waals surface area contributed by atoms with Crippen LogP contribution in [-0.4, -0.2) is 31.3 Å². The summed E-state index contributed by atoms with van der Waals surface area (Å²) in [7, 11) is 0. The van der Waals surface area contributed by atoms with Gasteiger partial charge in [-0.15, -0.1) is 0 Å². The number of para-hydroxylation sites is 1. The van der Waals surface area contributed by atoms with Gasteiger partial charge in [-0.05, 0) is 72.1 Å². The van der Waals surface area contributed by atoms with Crippen molar-refractivity contribution in [3.8, 4) is 16.9 Å². The van der Waals surface area contributed by atoms with E-state index < -0.39 is 0 Å². The highest BCUT2D eigenvalue weighted by Gasteiger charge is 2.31. The van der Waals surface area contributed by atoms with Crippen molar-refractivity contribution in [1.29, 1.82) is 0 Å². The molecule has 2 aliphatic heterocycles. The Labute approximate surface area is 223 Å². The summed E-state index contributed by atoms with van der Waals surface area (Å²) in [5.41, 5.74) is 14.1. The average Bonchev–Trinajstić information content (AvgIpc) is 3.58. The van der Waals surface area contributed by atoms with E-state index in [1.165, 1.54) is 66.9 Å². The maximum Gasteiger partial charge on any atom is 0.225 e. The predicted molar refractivity (Wildman–Crippen MR) is 153 cm³/mol. The Kier molecular flexibility index (Phi) is 5.39. The molecule has 2 aliphatic rings. The summed E-state index contributed by atoms with van der Waals surface area (Å²) in [6.07, 6.45) is 9.91. The van der Waals surface area contributed by atoms with Gasteiger partial charge in [-0.1, -0.05) is 39.0 Å². The van der Waals surface area contributed by atoms with Crippen molar-refractivity contribution < 1.29 is 0 Å². The highest BCUT2D eigenvalue weighted by molar-refractivity contribution is 5.98. The van der Waals surface area contributed by atoms with Crippen LogP contribution >= 0.6 is 0 Å². The number of aromatic nitrogens is 5. The number of fused-ring (bicyclic) bond motifs is 10. The van der Waals surface area contributed by atoms with Crippen LogP contribution in [0.4, 0.5) is 5.95 Å². The van der Waals surface area contributed by atoms with Crippen molar-refractivity contribution in [3.05, 3.63) is 88.0 Å². The van der Waals surface area contributed by atoms with Crippen LogP contribution in [-0.2, 0) is 32.2 Å². The number of nitrogens with one attached hydrogen (secondary N) is 1. The molecule has 0 fully saturated rings. The molecule has 5 aromatic rings. The van der Waals surface area contributed by atoms with Crippen LogP contribution in [0.25, 0.3) is 27.8 Å². The van der Waals surface area contributed by atoms with Gasteiger partial charge in [0.25, 0.3) is 0 Å². The highest BCUT2D eigenvalue weighted by Crippen LogP contribution is 2.41. The zero-order chi connectivity index (χ0) is 26.0. The molecule has 2 aromatic carbocycles. The second-order valence-electron chi connectivity index (χ2n) is 11.1. The molecule has 0 saturated carbocycles. The first-order valence-corrected chi connectivity index (χ1v) is 13.9. The second-order valence-corrected chi connectivity index (χ2v) is 11.1. The zero-order valence-electron chi connectivity index (χ0n) is 22.7. The quantitative estimate of drug-likeness (QED) is 0.307. The Morgan fingerprint density at radius 3 is 2.63 bits per heavy atom. The minimum atomic E-state index is 0.420.